The predicted molar refractivity (Wildman–Crippen MR) is 120 cm³/mol. The highest BCUT2D eigenvalue weighted by Crippen LogP contribution is 2.43. The standard InChI is InChI=1S/C20H26S4/c1-3-20(2,23-14-18-8-4-6-16(10-18)12-21)24-15-19-9-5-7-17(11-19)13-22/h4-11,21-22H,3,12-15H2,1-2H3. The largest absolute Gasteiger partial charge is 0.175 e. The number of rotatable bonds is 9. The summed E-state index contributed by atoms with van der Waals surface area (Å²) < 4.78 is 0.230. The zero-order valence-electron chi connectivity index (χ0n) is 14.4. The normalized spacial score (nSPS) is 11.7. The Labute approximate surface area is 166 Å². The maximum atomic E-state index is 4.37. The van der Waals surface area contributed by atoms with Crippen LogP contribution >= 0.6 is 48.8 Å². The number of benzene rings is 2. The first-order valence-electron chi connectivity index (χ1n) is 8.24. The summed E-state index contributed by atoms with van der Waals surface area (Å²) in [6, 6.07) is 17.6. The van der Waals surface area contributed by atoms with Gasteiger partial charge in [0.15, 0.2) is 0 Å². The first-order valence-corrected chi connectivity index (χ1v) is 11.5. The van der Waals surface area contributed by atoms with E-state index in [-0.39, 0.29) is 4.08 Å². The quantitative estimate of drug-likeness (QED) is 0.353. The third-order valence-electron chi connectivity index (χ3n) is 4.08. The summed E-state index contributed by atoms with van der Waals surface area (Å²) in [5.41, 5.74) is 5.38. The van der Waals surface area contributed by atoms with Crippen LogP contribution in [0.3, 0.4) is 0 Å². The van der Waals surface area contributed by atoms with Gasteiger partial charge in [0, 0.05) is 23.0 Å². The van der Waals surface area contributed by atoms with E-state index in [1.165, 1.54) is 22.3 Å². The number of thiol groups is 2. The Balaban J connectivity index is 1.94. The zero-order valence-corrected chi connectivity index (χ0v) is 17.8. The van der Waals surface area contributed by atoms with Gasteiger partial charge in [-0.2, -0.15) is 25.3 Å². The third-order valence-corrected chi connectivity index (χ3v) is 8.27. The van der Waals surface area contributed by atoms with Crippen LogP contribution < -0.4 is 0 Å². The molecule has 0 aliphatic heterocycles. The van der Waals surface area contributed by atoms with Gasteiger partial charge in [0.2, 0.25) is 0 Å². The molecule has 0 unspecified atom stereocenters. The van der Waals surface area contributed by atoms with Gasteiger partial charge in [-0.25, -0.2) is 0 Å². The molecule has 2 aromatic rings. The van der Waals surface area contributed by atoms with Crippen molar-refractivity contribution in [3.63, 3.8) is 0 Å². The lowest BCUT2D eigenvalue weighted by Gasteiger charge is -2.27. The van der Waals surface area contributed by atoms with Crippen molar-refractivity contribution in [2.24, 2.45) is 0 Å². The van der Waals surface area contributed by atoms with E-state index in [0.717, 1.165) is 29.4 Å². The summed E-state index contributed by atoms with van der Waals surface area (Å²) in [6.45, 7) is 4.65. The van der Waals surface area contributed by atoms with Gasteiger partial charge in [0.1, 0.15) is 0 Å². The highest BCUT2D eigenvalue weighted by molar-refractivity contribution is 8.17. The Morgan fingerprint density at radius 1 is 0.792 bits per heavy atom. The molecule has 2 rings (SSSR count). The van der Waals surface area contributed by atoms with Crippen LogP contribution in [0.5, 0.6) is 0 Å². The molecule has 0 aliphatic carbocycles. The van der Waals surface area contributed by atoms with Crippen LogP contribution in [0, 0.1) is 0 Å². The molecule has 0 amide bonds. The second-order valence-corrected chi connectivity index (χ2v) is 9.87. The minimum atomic E-state index is 0.230. The molecule has 0 saturated heterocycles. The molecule has 0 aromatic heterocycles. The molecule has 0 bridgehead atoms. The Kier molecular flexibility index (Phi) is 8.48. The Morgan fingerprint density at radius 3 is 1.58 bits per heavy atom. The Bertz CT molecular complexity index is 588. The molecular formula is C20H26S4. The summed E-state index contributed by atoms with van der Waals surface area (Å²) in [5, 5.41) is 0. The lowest BCUT2D eigenvalue weighted by molar-refractivity contribution is 0.844. The average Bonchev–Trinajstić information content (AvgIpc) is 2.65. The Morgan fingerprint density at radius 2 is 1.21 bits per heavy atom. The van der Waals surface area contributed by atoms with Gasteiger partial charge in [-0.05, 0) is 35.6 Å². The average molecular weight is 395 g/mol. The fraction of sp³-hybridized carbons (Fsp3) is 0.400. The molecule has 130 valence electrons. The second kappa shape index (κ2) is 10.1. The molecule has 0 N–H and O–H groups in total. The van der Waals surface area contributed by atoms with Crippen molar-refractivity contribution in [1.29, 1.82) is 0 Å². The van der Waals surface area contributed by atoms with E-state index in [4.69, 9.17) is 0 Å². The summed E-state index contributed by atoms with van der Waals surface area (Å²) in [6.07, 6.45) is 1.15. The summed E-state index contributed by atoms with van der Waals surface area (Å²) in [7, 11) is 0. The number of thioether (sulfide) groups is 2. The van der Waals surface area contributed by atoms with Gasteiger partial charge in [-0.3, -0.25) is 0 Å². The van der Waals surface area contributed by atoms with Crippen molar-refractivity contribution in [3.8, 4) is 0 Å². The van der Waals surface area contributed by atoms with Gasteiger partial charge in [-0.15, -0.1) is 23.5 Å². The van der Waals surface area contributed by atoms with E-state index in [9.17, 15) is 0 Å². The SMILES string of the molecule is CCC(C)(SCc1cccc(CS)c1)SCc1cccc(CS)c1. The molecule has 24 heavy (non-hydrogen) atoms. The lowest BCUT2D eigenvalue weighted by Crippen LogP contribution is -2.14. The van der Waals surface area contributed by atoms with Gasteiger partial charge >= 0.3 is 0 Å². The van der Waals surface area contributed by atoms with Crippen LogP contribution in [0.25, 0.3) is 0 Å². The monoisotopic (exact) mass is 394 g/mol. The molecule has 0 nitrogen and oxygen atoms in total. The van der Waals surface area contributed by atoms with Gasteiger partial charge in [0.25, 0.3) is 0 Å². The van der Waals surface area contributed by atoms with E-state index in [1.54, 1.807) is 0 Å². The molecule has 0 heterocycles. The van der Waals surface area contributed by atoms with Crippen molar-refractivity contribution in [2.75, 3.05) is 0 Å². The summed E-state index contributed by atoms with van der Waals surface area (Å²) >= 11 is 12.8. The van der Waals surface area contributed by atoms with Gasteiger partial charge in [-0.1, -0.05) is 55.5 Å². The van der Waals surface area contributed by atoms with E-state index in [2.05, 4.69) is 87.6 Å². The second-order valence-electron chi connectivity index (χ2n) is 6.02. The molecule has 0 radical (unpaired) electrons. The van der Waals surface area contributed by atoms with Crippen LogP contribution in [0.4, 0.5) is 0 Å². The van der Waals surface area contributed by atoms with Crippen LogP contribution in [0.15, 0.2) is 48.5 Å². The van der Waals surface area contributed by atoms with E-state index >= 15 is 0 Å². The van der Waals surface area contributed by atoms with Crippen LogP contribution in [-0.2, 0) is 23.0 Å². The smallest absolute Gasteiger partial charge is 0.0587 e. The van der Waals surface area contributed by atoms with Crippen LogP contribution in [-0.4, -0.2) is 4.08 Å². The maximum absolute atomic E-state index is 4.37. The zero-order chi connectivity index (χ0) is 17.4. The van der Waals surface area contributed by atoms with Crippen molar-refractivity contribution in [3.05, 3.63) is 70.8 Å². The predicted octanol–water partition coefficient (Wildman–Crippen LogP) is 6.84. The molecule has 4 heteroatoms. The van der Waals surface area contributed by atoms with Crippen molar-refractivity contribution in [2.45, 2.75) is 47.4 Å². The van der Waals surface area contributed by atoms with E-state index in [1.807, 2.05) is 23.5 Å². The molecule has 2 aromatic carbocycles. The fourth-order valence-electron chi connectivity index (χ4n) is 2.35. The van der Waals surface area contributed by atoms with Crippen LogP contribution in [0.2, 0.25) is 0 Å². The fourth-order valence-corrected chi connectivity index (χ4v) is 5.14. The van der Waals surface area contributed by atoms with E-state index < -0.39 is 0 Å². The molecule has 0 saturated carbocycles. The maximum Gasteiger partial charge on any atom is 0.0587 e. The van der Waals surface area contributed by atoms with Crippen molar-refractivity contribution >= 4 is 48.8 Å². The molecule has 0 spiro atoms. The minimum absolute atomic E-state index is 0.230. The minimum Gasteiger partial charge on any atom is -0.175 e. The number of hydrogen-bond donors (Lipinski definition) is 2. The van der Waals surface area contributed by atoms with Crippen molar-refractivity contribution in [1.82, 2.24) is 0 Å². The highest BCUT2D eigenvalue weighted by Gasteiger charge is 2.23. The van der Waals surface area contributed by atoms with Gasteiger partial charge in [0.05, 0.1) is 4.08 Å². The molecule has 0 aliphatic rings. The highest BCUT2D eigenvalue weighted by atomic mass is 32.2. The van der Waals surface area contributed by atoms with Gasteiger partial charge < -0.3 is 0 Å². The lowest BCUT2D eigenvalue weighted by atomic mass is 10.2. The molecule has 0 fully saturated rings. The molecule has 0 atom stereocenters. The van der Waals surface area contributed by atoms with Crippen LogP contribution in [0.1, 0.15) is 42.5 Å². The number of hydrogen-bond acceptors (Lipinski definition) is 4. The topological polar surface area (TPSA) is 0 Å². The van der Waals surface area contributed by atoms with Crippen molar-refractivity contribution < 1.29 is 0 Å². The van der Waals surface area contributed by atoms with E-state index in [0.29, 0.717) is 0 Å². The first kappa shape index (κ1) is 20.2. The first-order chi connectivity index (χ1) is 11.6. The Hall–Kier alpha value is -0.160. The molecular weight excluding hydrogens is 368 g/mol. The summed E-state index contributed by atoms with van der Waals surface area (Å²) in [5.74, 6) is 3.71. The summed E-state index contributed by atoms with van der Waals surface area (Å²) in [4.78, 5) is 0. The third kappa shape index (κ3) is 6.29.